The summed E-state index contributed by atoms with van der Waals surface area (Å²) in [6, 6.07) is 13.6. The van der Waals surface area contributed by atoms with Crippen molar-refractivity contribution in [1.82, 2.24) is 9.55 Å². The van der Waals surface area contributed by atoms with Crippen LogP contribution in [0.5, 0.6) is 17.2 Å². The number of halogens is 2. The van der Waals surface area contributed by atoms with Crippen molar-refractivity contribution in [2.24, 2.45) is 0 Å². The molecule has 3 aromatic rings. The van der Waals surface area contributed by atoms with E-state index >= 15 is 0 Å². The second-order valence-corrected chi connectivity index (χ2v) is 7.38. The third kappa shape index (κ3) is 5.86. The van der Waals surface area contributed by atoms with E-state index in [1.807, 2.05) is 6.07 Å². The molecule has 0 aliphatic heterocycles. The lowest BCUT2D eigenvalue weighted by Gasteiger charge is -2.14. The molecular weight excluding hydrogens is 474 g/mol. The molecule has 0 aliphatic rings. The molecule has 0 bridgehead atoms. The standard InChI is InChI=1S/C21H15BrClN3O4/c22-15-3-4-18(30-17-11-14(2-1-6-24)10-16(23)13-17)19(12-15)29-9-8-26-7-5-20(27)25-21(26)28/h1-5,7,10-13H,8-9H2,(H,25,27,28)/b2-1+. The summed E-state index contributed by atoms with van der Waals surface area (Å²) in [5, 5.41) is 9.16. The summed E-state index contributed by atoms with van der Waals surface area (Å²) in [5.74, 6) is 1.38. The molecule has 0 atom stereocenters. The Kier molecular flexibility index (Phi) is 7.12. The monoisotopic (exact) mass is 487 g/mol. The second-order valence-electron chi connectivity index (χ2n) is 6.03. The highest BCUT2D eigenvalue weighted by molar-refractivity contribution is 9.10. The van der Waals surface area contributed by atoms with E-state index in [0.29, 0.717) is 22.3 Å². The van der Waals surface area contributed by atoms with E-state index in [1.165, 1.54) is 22.9 Å². The molecule has 0 fully saturated rings. The number of ether oxygens (including phenoxy) is 2. The number of hydrogen-bond donors (Lipinski definition) is 1. The predicted molar refractivity (Wildman–Crippen MR) is 117 cm³/mol. The Balaban J connectivity index is 1.78. The summed E-state index contributed by atoms with van der Waals surface area (Å²) >= 11 is 9.54. The molecule has 7 nitrogen and oxygen atoms in total. The lowest BCUT2D eigenvalue weighted by atomic mass is 10.2. The van der Waals surface area contributed by atoms with Crippen molar-refractivity contribution in [2.75, 3.05) is 6.61 Å². The van der Waals surface area contributed by atoms with Gasteiger partial charge >= 0.3 is 5.69 Å². The van der Waals surface area contributed by atoms with Gasteiger partial charge in [0.15, 0.2) is 11.5 Å². The number of aromatic nitrogens is 2. The summed E-state index contributed by atoms with van der Waals surface area (Å²) in [5.41, 5.74) is -0.241. The number of nitrogens with zero attached hydrogens (tertiary/aromatic N) is 2. The van der Waals surface area contributed by atoms with Crippen molar-refractivity contribution in [1.29, 1.82) is 5.26 Å². The van der Waals surface area contributed by atoms with E-state index in [1.54, 1.807) is 42.5 Å². The molecule has 0 spiro atoms. The van der Waals surface area contributed by atoms with E-state index in [2.05, 4.69) is 20.9 Å². The molecule has 9 heteroatoms. The highest BCUT2D eigenvalue weighted by Gasteiger charge is 2.09. The van der Waals surface area contributed by atoms with Crippen LogP contribution in [-0.2, 0) is 6.54 Å². The van der Waals surface area contributed by atoms with Crippen LogP contribution in [0.15, 0.2) is 68.8 Å². The topological polar surface area (TPSA) is 97.1 Å². The van der Waals surface area contributed by atoms with Gasteiger partial charge in [-0.25, -0.2) is 4.79 Å². The fourth-order valence-corrected chi connectivity index (χ4v) is 3.13. The largest absolute Gasteiger partial charge is 0.488 e. The quantitative estimate of drug-likeness (QED) is 0.498. The number of hydrogen-bond acceptors (Lipinski definition) is 5. The Morgan fingerprint density at radius 2 is 2.00 bits per heavy atom. The summed E-state index contributed by atoms with van der Waals surface area (Å²) < 4.78 is 13.9. The van der Waals surface area contributed by atoms with Gasteiger partial charge in [-0.3, -0.25) is 14.3 Å². The van der Waals surface area contributed by atoms with E-state index < -0.39 is 11.2 Å². The summed E-state index contributed by atoms with van der Waals surface area (Å²) in [6.45, 7) is 0.409. The molecule has 0 saturated carbocycles. The zero-order chi connectivity index (χ0) is 21.5. The Labute approximate surface area is 184 Å². The average molecular weight is 489 g/mol. The zero-order valence-corrected chi connectivity index (χ0v) is 17.8. The van der Waals surface area contributed by atoms with Gasteiger partial charge in [0.1, 0.15) is 12.4 Å². The van der Waals surface area contributed by atoms with E-state index in [4.69, 9.17) is 26.3 Å². The molecule has 0 aliphatic carbocycles. The molecule has 0 unspecified atom stereocenters. The number of H-pyrrole nitrogens is 1. The number of nitrogens with one attached hydrogen (secondary N) is 1. The number of benzene rings is 2. The molecular formula is C21H15BrClN3O4. The molecule has 1 aromatic heterocycles. The van der Waals surface area contributed by atoms with Crippen LogP contribution in [0, 0.1) is 11.3 Å². The highest BCUT2D eigenvalue weighted by atomic mass is 79.9. The van der Waals surface area contributed by atoms with E-state index in [-0.39, 0.29) is 13.2 Å². The summed E-state index contributed by atoms with van der Waals surface area (Å²) in [6.07, 6.45) is 4.38. The molecule has 0 saturated heterocycles. The smallest absolute Gasteiger partial charge is 0.328 e. The van der Waals surface area contributed by atoms with Crippen LogP contribution >= 0.6 is 27.5 Å². The van der Waals surface area contributed by atoms with Crippen LogP contribution in [0.4, 0.5) is 0 Å². The molecule has 1 N–H and O–H groups in total. The van der Waals surface area contributed by atoms with Gasteiger partial charge in [-0.15, -0.1) is 0 Å². The minimum absolute atomic E-state index is 0.171. The molecule has 0 radical (unpaired) electrons. The normalized spacial score (nSPS) is 10.7. The van der Waals surface area contributed by atoms with Crippen molar-refractivity contribution in [2.45, 2.75) is 6.54 Å². The third-order valence-electron chi connectivity index (χ3n) is 3.86. The first-order chi connectivity index (χ1) is 14.4. The van der Waals surface area contributed by atoms with E-state index in [0.717, 1.165) is 10.0 Å². The number of aromatic amines is 1. The van der Waals surface area contributed by atoms with Crippen molar-refractivity contribution in [3.8, 4) is 23.3 Å². The maximum atomic E-state index is 11.8. The van der Waals surface area contributed by atoms with Crippen molar-refractivity contribution < 1.29 is 9.47 Å². The van der Waals surface area contributed by atoms with Gasteiger partial charge in [0.05, 0.1) is 12.6 Å². The Hall–Kier alpha value is -3.28. The maximum absolute atomic E-state index is 11.8. The lowest BCUT2D eigenvalue weighted by molar-refractivity contribution is 0.283. The molecule has 3 rings (SSSR count). The molecule has 0 amide bonds. The Bertz CT molecular complexity index is 1240. The maximum Gasteiger partial charge on any atom is 0.328 e. The van der Waals surface area contributed by atoms with Gasteiger partial charge < -0.3 is 9.47 Å². The zero-order valence-electron chi connectivity index (χ0n) is 15.5. The van der Waals surface area contributed by atoms with Crippen LogP contribution in [0.1, 0.15) is 5.56 Å². The Morgan fingerprint density at radius 3 is 2.77 bits per heavy atom. The SMILES string of the molecule is N#C/C=C/c1cc(Cl)cc(Oc2ccc(Br)cc2OCCn2ccc(=O)[nH]c2=O)c1. The molecule has 1 heterocycles. The van der Waals surface area contributed by atoms with Gasteiger partial charge in [-0.2, -0.15) is 5.26 Å². The first kappa shape index (κ1) is 21.4. The van der Waals surface area contributed by atoms with Crippen molar-refractivity contribution in [3.05, 3.63) is 90.6 Å². The molecule has 30 heavy (non-hydrogen) atoms. The molecule has 152 valence electrons. The van der Waals surface area contributed by atoms with Gasteiger partial charge in [-0.1, -0.05) is 27.5 Å². The van der Waals surface area contributed by atoms with Gasteiger partial charge in [-0.05, 0) is 48.0 Å². The number of allylic oxidation sites excluding steroid dienone is 1. The summed E-state index contributed by atoms with van der Waals surface area (Å²) in [7, 11) is 0. The third-order valence-corrected chi connectivity index (χ3v) is 4.58. The molecule has 2 aromatic carbocycles. The number of rotatable bonds is 7. The van der Waals surface area contributed by atoms with E-state index in [9.17, 15) is 9.59 Å². The van der Waals surface area contributed by atoms with Gasteiger partial charge in [0.2, 0.25) is 0 Å². The van der Waals surface area contributed by atoms with Crippen LogP contribution in [0.25, 0.3) is 6.08 Å². The van der Waals surface area contributed by atoms with Crippen molar-refractivity contribution >= 4 is 33.6 Å². The van der Waals surface area contributed by atoms with Crippen LogP contribution < -0.4 is 20.7 Å². The van der Waals surface area contributed by atoms with Crippen LogP contribution in [0.3, 0.4) is 0 Å². The van der Waals surface area contributed by atoms with Crippen LogP contribution in [-0.4, -0.2) is 16.2 Å². The van der Waals surface area contributed by atoms with Crippen LogP contribution in [0.2, 0.25) is 5.02 Å². The average Bonchev–Trinajstić information content (AvgIpc) is 2.69. The first-order valence-corrected chi connectivity index (χ1v) is 9.88. The fraction of sp³-hybridized carbons (Fsp3) is 0.0952. The second kappa shape index (κ2) is 9.96. The lowest BCUT2D eigenvalue weighted by Crippen LogP contribution is -2.30. The summed E-state index contributed by atoms with van der Waals surface area (Å²) in [4.78, 5) is 25.1. The van der Waals surface area contributed by atoms with Gasteiger partial charge in [0.25, 0.3) is 5.56 Å². The number of nitriles is 1. The van der Waals surface area contributed by atoms with Gasteiger partial charge in [0, 0.05) is 27.8 Å². The highest BCUT2D eigenvalue weighted by Crippen LogP contribution is 2.35. The fourth-order valence-electron chi connectivity index (χ4n) is 2.55. The first-order valence-electron chi connectivity index (χ1n) is 8.71. The Morgan fingerprint density at radius 1 is 1.17 bits per heavy atom. The predicted octanol–water partition coefficient (Wildman–Crippen LogP) is 4.36. The minimum Gasteiger partial charge on any atom is -0.488 e. The minimum atomic E-state index is -0.506. The van der Waals surface area contributed by atoms with Crippen molar-refractivity contribution in [3.63, 3.8) is 0 Å².